The first kappa shape index (κ1) is 13.3. The number of nitrogens with zero attached hydrogens (tertiary/aromatic N) is 1. The summed E-state index contributed by atoms with van der Waals surface area (Å²) >= 11 is 0. The maximum Gasteiger partial charge on any atom is 0.236 e. The third kappa shape index (κ3) is 2.13. The van der Waals surface area contributed by atoms with Crippen LogP contribution in [0.4, 0.5) is 4.39 Å². The summed E-state index contributed by atoms with van der Waals surface area (Å²) in [5, 5.41) is 2.93. The molecular formula is C16H19FN2O. The number of hydrogen-bond acceptors (Lipinski definition) is 2. The molecule has 0 aromatic rings. The summed E-state index contributed by atoms with van der Waals surface area (Å²) in [5.74, 6) is 0.778. The van der Waals surface area contributed by atoms with E-state index in [1.54, 1.807) is 12.3 Å². The molecule has 0 aromatic carbocycles. The van der Waals surface area contributed by atoms with E-state index < -0.39 is 6.67 Å². The van der Waals surface area contributed by atoms with Gasteiger partial charge in [-0.1, -0.05) is 43.6 Å². The van der Waals surface area contributed by atoms with Gasteiger partial charge in [0.05, 0.1) is 5.41 Å². The second-order valence-electron chi connectivity index (χ2n) is 5.66. The molecule has 2 aliphatic heterocycles. The van der Waals surface area contributed by atoms with Crippen LogP contribution in [-0.2, 0) is 4.79 Å². The van der Waals surface area contributed by atoms with Crippen molar-refractivity contribution >= 4 is 12.1 Å². The molecule has 1 saturated carbocycles. The minimum absolute atomic E-state index is 0.00565. The van der Waals surface area contributed by atoms with Crippen LogP contribution in [0.15, 0.2) is 40.7 Å². The average Bonchev–Trinajstić information content (AvgIpc) is 2.63. The van der Waals surface area contributed by atoms with Gasteiger partial charge in [0.15, 0.2) is 0 Å². The molecule has 1 N–H and O–H groups in total. The smallest absolute Gasteiger partial charge is 0.236 e. The van der Waals surface area contributed by atoms with Crippen LogP contribution >= 0.6 is 0 Å². The zero-order valence-electron chi connectivity index (χ0n) is 11.4. The Morgan fingerprint density at radius 1 is 1.40 bits per heavy atom. The summed E-state index contributed by atoms with van der Waals surface area (Å²) in [6.07, 6.45) is 14.2. The Morgan fingerprint density at radius 2 is 2.20 bits per heavy atom. The van der Waals surface area contributed by atoms with Crippen LogP contribution in [0, 0.1) is 11.3 Å². The van der Waals surface area contributed by atoms with Crippen LogP contribution in [0.2, 0.25) is 0 Å². The first-order chi connectivity index (χ1) is 9.76. The third-order valence-electron chi connectivity index (χ3n) is 4.45. The summed E-state index contributed by atoms with van der Waals surface area (Å²) < 4.78 is 12.2. The van der Waals surface area contributed by atoms with E-state index in [9.17, 15) is 9.18 Å². The number of halogens is 1. The third-order valence-corrected chi connectivity index (χ3v) is 4.45. The van der Waals surface area contributed by atoms with Gasteiger partial charge in [0.25, 0.3) is 0 Å². The van der Waals surface area contributed by atoms with E-state index in [1.165, 1.54) is 12.5 Å². The molecule has 3 rings (SSSR count). The second-order valence-corrected chi connectivity index (χ2v) is 5.66. The normalized spacial score (nSPS) is 28.1. The maximum atomic E-state index is 12.4. The Morgan fingerprint density at radius 3 is 2.95 bits per heavy atom. The van der Waals surface area contributed by atoms with Crippen LogP contribution in [0.3, 0.4) is 0 Å². The van der Waals surface area contributed by atoms with Crippen LogP contribution < -0.4 is 5.32 Å². The lowest BCUT2D eigenvalue weighted by atomic mass is 9.69. The Balaban J connectivity index is 1.90. The van der Waals surface area contributed by atoms with E-state index in [-0.39, 0.29) is 17.2 Å². The van der Waals surface area contributed by atoms with Gasteiger partial charge in [-0.15, -0.1) is 0 Å². The second kappa shape index (κ2) is 5.35. The molecule has 1 fully saturated rings. The molecule has 4 heteroatoms. The van der Waals surface area contributed by atoms with Gasteiger partial charge < -0.3 is 5.32 Å². The van der Waals surface area contributed by atoms with Crippen molar-refractivity contribution in [3.8, 4) is 0 Å². The van der Waals surface area contributed by atoms with Crippen LogP contribution in [0.5, 0.6) is 0 Å². The van der Waals surface area contributed by atoms with Gasteiger partial charge in [-0.25, -0.2) is 9.38 Å². The lowest BCUT2D eigenvalue weighted by Gasteiger charge is -2.32. The number of hydrogen-bond donors (Lipinski definition) is 1. The standard InChI is InChI=1S/C16H19FN2O/c17-10-4-5-12-6-7-13-14(18-11-12)19-15(20)16(13)8-2-1-3-9-16/h4-7,11-12H,1-3,8-10H2,(H,19,20)/b5-4+. The van der Waals surface area contributed by atoms with E-state index in [4.69, 9.17) is 0 Å². The van der Waals surface area contributed by atoms with E-state index >= 15 is 0 Å². The fourth-order valence-corrected chi connectivity index (χ4v) is 3.38. The number of allylic oxidation sites excluding steroid dienone is 4. The van der Waals surface area contributed by atoms with Crippen molar-refractivity contribution in [1.29, 1.82) is 0 Å². The molecule has 106 valence electrons. The molecule has 1 atom stereocenters. The molecule has 0 radical (unpaired) electrons. The summed E-state index contributed by atoms with van der Waals surface area (Å²) in [4.78, 5) is 16.8. The fourth-order valence-electron chi connectivity index (χ4n) is 3.38. The Labute approximate surface area is 118 Å². The van der Waals surface area contributed by atoms with Crippen molar-refractivity contribution in [3.05, 3.63) is 35.7 Å². The summed E-state index contributed by atoms with van der Waals surface area (Å²) in [6, 6.07) is 0. The largest absolute Gasteiger partial charge is 0.310 e. The average molecular weight is 274 g/mol. The number of rotatable bonds is 2. The Kier molecular flexibility index (Phi) is 3.55. The molecular weight excluding hydrogens is 255 g/mol. The van der Waals surface area contributed by atoms with Gasteiger partial charge in [0, 0.05) is 17.7 Å². The van der Waals surface area contributed by atoms with E-state index in [0.717, 1.165) is 31.3 Å². The predicted octanol–water partition coefficient (Wildman–Crippen LogP) is 3.06. The van der Waals surface area contributed by atoms with Crippen molar-refractivity contribution in [2.45, 2.75) is 32.1 Å². The molecule has 3 nitrogen and oxygen atoms in total. The van der Waals surface area contributed by atoms with Crippen molar-refractivity contribution in [2.75, 3.05) is 6.67 Å². The van der Waals surface area contributed by atoms with Gasteiger partial charge in [0.2, 0.25) is 5.91 Å². The molecule has 1 unspecified atom stereocenters. The van der Waals surface area contributed by atoms with Crippen LogP contribution in [0.25, 0.3) is 0 Å². The SMILES string of the molecule is O=C1NC2=C(C=CC(/C=C/CF)C=N2)C12CCCCC2. The molecule has 0 aromatic heterocycles. The number of carbonyl (C=O) groups is 1. The van der Waals surface area contributed by atoms with Crippen LogP contribution in [-0.4, -0.2) is 18.8 Å². The number of carbonyl (C=O) groups excluding carboxylic acids is 1. The Hall–Kier alpha value is -1.71. The molecule has 0 saturated heterocycles. The topological polar surface area (TPSA) is 41.5 Å². The van der Waals surface area contributed by atoms with Gasteiger partial charge >= 0.3 is 0 Å². The lowest BCUT2D eigenvalue weighted by molar-refractivity contribution is -0.128. The van der Waals surface area contributed by atoms with Crippen molar-refractivity contribution in [3.63, 3.8) is 0 Å². The lowest BCUT2D eigenvalue weighted by Crippen LogP contribution is -2.36. The van der Waals surface area contributed by atoms with Gasteiger partial charge in [0.1, 0.15) is 12.5 Å². The van der Waals surface area contributed by atoms with Crippen LogP contribution in [0.1, 0.15) is 32.1 Å². The molecule has 3 aliphatic rings. The van der Waals surface area contributed by atoms with E-state index in [2.05, 4.69) is 10.3 Å². The molecule has 0 bridgehead atoms. The number of nitrogens with one attached hydrogen (secondary N) is 1. The first-order valence-electron chi connectivity index (χ1n) is 7.27. The zero-order valence-corrected chi connectivity index (χ0v) is 11.4. The highest BCUT2D eigenvalue weighted by molar-refractivity contribution is 5.93. The van der Waals surface area contributed by atoms with E-state index in [1.807, 2.05) is 12.2 Å². The minimum atomic E-state index is -0.466. The number of aliphatic imine (C=N–C) groups is 1. The summed E-state index contributed by atoms with van der Waals surface area (Å²) in [6.45, 7) is -0.466. The monoisotopic (exact) mass is 274 g/mol. The van der Waals surface area contributed by atoms with Crippen molar-refractivity contribution < 1.29 is 9.18 Å². The first-order valence-corrected chi connectivity index (χ1v) is 7.27. The summed E-state index contributed by atoms with van der Waals surface area (Å²) in [5.41, 5.74) is 0.648. The maximum absolute atomic E-state index is 12.4. The van der Waals surface area contributed by atoms with Crippen molar-refractivity contribution in [2.24, 2.45) is 16.3 Å². The fraction of sp³-hybridized carbons (Fsp3) is 0.500. The number of alkyl halides is 1. The highest BCUT2D eigenvalue weighted by Crippen LogP contribution is 2.48. The van der Waals surface area contributed by atoms with Crippen molar-refractivity contribution in [1.82, 2.24) is 5.32 Å². The number of fused-ring (bicyclic) bond motifs is 1. The zero-order chi connectivity index (χ0) is 14.0. The van der Waals surface area contributed by atoms with E-state index in [0.29, 0.717) is 5.82 Å². The molecule has 1 aliphatic carbocycles. The molecule has 2 heterocycles. The highest BCUT2D eigenvalue weighted by Gasteiger charge is 2.48. The molecule has 20 heavy (non-hydrogen) atoms. The minimum Gasteiger partial charge on any atom is -0.310 e. The summed E-state index contributed by atoms with van der Waals surface area (Å²) in [7, 11) is 0. The quantitative estimate of drug-likeness (QED) is 0.772. The Bertz CT molecular complexity index is 525. The highest BCUT2D eigenvalue weighted by atomic mass is 19.1. The molecule has 1 amide bonds. The molecule has 1 spiro atoms. The van der Waals surface area contributed by atoms with Gasteiger partial charge in [-0.3, -0.25) is 4.79 Å². The van der Waals surface area contributed by atoms with Gasteiger partial charge in [-0.05, 0) is 12.8 Å². The predicted molar refractivity (Wildman–Crippen MR) is 76.9 cm³/mol. The number of amides is 1. The van der Waals surface area contributed by atoms with Gasteiger partial charge in [-0.2, -0.15) is 0 Å².